The van der Waals surface area contributed by atoms with Crippen LogP contribution in [0.2, 0.25) is 5.02 Å². The molecule has 2 N–H and O–H groups in total. The number of benzene rings is 1. The lowest BCUT2D eigenvalue weighted by Crippen LogP contribution is -1.83. The number of nitrogen functional groups attached to an aromatic ring is 1. The number of nitrogens with zero attached hydrogens (tertiary/aromatic N) is 2. The Bertz CT molecular complexity index is 740. The molecule has 0 saturated carbocycles. The van der Waals surface area contributed by atoms with Gasteiger partial charge in [0.1, 0.15) is 5.82 Å². The molecule has 0 amide bonds. The van der Waals surface area contributed by atoms with Gasteiger partial charge < -0.3 is 10.3 Å². The van der Waals surface area contributed by atoms with E-state index in [-0.39, 0.29) is 5.02 Å². The number of thiophene rings is 1. The molecule has 0 radical (unpaired) electrons. The lowest BCUT2D eigenvalue weighted by atomic mass is 10.2. The van der Waals surface area contributed by atoms with E-state index in [2.05, 4.69) is 10.1 Å². The van der Waals surface area contributed by atoms with Crippen molar-refractivity contribution < 1.29 is 8.91 Å². The van der Waals surface area contributed by atoms with E-state index >= 15 is 0 Å². The average molecular weight is 296 g/mol. The van der Waals surface area contributed by atoms with Crippen LogP contribution in [0.25, 0.3) is 22.2 Å². The second-order valence-electron chi connectivity index (χ2n) is 3.75. The Morgan fingerprint density at radius 1 is 1.26 bits per heavy atom. The van der Waals surface area contributed by atoms with Crippen LogP contribution in [0, 0.1) is 5.82 Å². The molecule has 0 aliphatic rings. The van der Waals surface area contributed by atoms with Crippen LogP contribution in [0.15, 0.2) is 34.9 Å². The Balaban J connectivity index is 1.98. The summed E-state index contributed by atoms with van der Waals surface area (Å²) in [6.07, 6.45) is 0. The van der Waals surface area contributed by atoms with Crippen molar-refractivity contribution in [3.8, 4) is 22.2 Å². The van der Waals surface area contributed by atoms with Crippen LogP contribution >= 0.6 is 22.9 Å². The highest BCUT2D eigenvalue weighted by atomic mass is 35.5. The molecule has 0 aliphatic heterocycles. The Morgan fingerprint density at radius 2 is 2.11 bits per heavy atom. The smallest absolute Gasteiger partial charge is 0.268 e. The van der Waals surface area contributed by atoms with Crippen molar-refractivity contribution in [2.45, 2.75) is 0 Å². The SMILES string of the molecule is Nc1ccc(-c2nc(-c3ccc(F)c(Cl)c3)no2)s1. The summed E-state index contributed by atoms with van der Waals surface area (Å²) in [4.78, 5) is 5.01. The van der Waals surface area contributed by atoms with Gasteiger partial charge in [0.25, 0.3) is 5.89 Å². The van der Waals surface area contributed by atoms with E-state index in [1.165, 1.54) is 23.5 Å². The van der Waals surface area contributed by atoms with Gasteiger partial charge in [0.2, 0.25) is 5.82 Å². The molecule has 0 spiro atoms. The first-order valence-electron chi connectivity index (χ1n) is 5.28. The minimum absolute atomic E-state index is 0.0178. The van der Waals surface area contributed by atoms with E-state index < -0.39 is 5.82 Å². The summed E-state index contributed by atoms with van der Waals surface area (Å²) in [6.45, 7) is 0. The fourth-order valence-corrected chi connectivity index (χ4v) is 2.42. The molecule has 1 aromatic carbocycles. The zero-order chi connectivity index (χ0) is 13.4. The van der Waals surface area contributed by atoms with Gasteiger partial charge in [-0.2, -0.15) is 4.98 Å². The Hall–Kier alpha value is -1.92. The summed E-state index contributed by atoms with van der Waals surface area (Å²) >= 11 is 7.07. The molecule has 4 nitrogen and oxygen atoms in total. The highest BCUT2D eigenvalue weighted by molar-refractivity contribution is 7.19. The fraction of sp³-hybridized carbons (Fsp3) is 0. The van der Waals surface area contributed by atoms with E-state index in [4.69, 9.17) is 21.9 Å². The minimum atomic E-state index is -0.486. The van der Waals surface area contributed by atoms with Gasteiger partial charge in [0.15, 0.2) is 0 Å². The monoisotopic (exact) mass is 295 g/mol. The summed E-state index contributed by atoms with van der Waals surface area (Å²) in [5, 5.41) is 4.53. The lowest BCUT2D eigenvalue weighted by molar-refractivity contribution is 0.433. The second-order valence-corrected chi connectivity index (χ2v) is 5.28. The first-order chi connectivity index (χ1) is 9.13. The maximum atomic E-state index is 13.1. The highest BCUT2D eigenvalue weighted by Crippen LogP contribution is 2.30. The van der Waals surface area contributed by atoms with Crippen LogP contribution in [0.5, 0.6) is 0 Å². The maximum absolute atomic E-state index is 13.1. The first-order valence-corrected chi connectivity index (χ1v) is 6.48. The summed E-state index contributed by atoms with van der Waals surface area (Å²) < 4.78 is 18.2. The molecule has 2 heterocycles. The molecule has 96 valence electrons. The highest BCUT2D eigenvalue weighted by Gasteiger charge is 2.13. The van der Waals surface area contributed by atoms with Gasteiger partial charge in [-0.1, -0.05) is 16.8 Å². The van der Waals surface area contributed by atoms with Crippen molar-refractivity contribution in [1.29, 1.82) is 0 Å². The van der Waals surface area contributed by atoms with Gasteiger partial charge in [-0.15, -0.1) is 11.3 Å². The summed E-state index contributed by atoms with van der Waals surface area (Å²) in [5.41, 5.74) is 6.23. The molecule has 0 unspecified atom stereocenters. The molecular weight excluding hydrogens is 289 g/mol. The third kappa shape index (κ3) is 2.32. The van der Waals surface area contributed by atoms with Crippen molar-refractivity contribution in [2.24, 2.45) is 0 Å². The maximum Gasteiger partial charge on any atom is 0.268 e. The number of anilines is 1. The van der Waals surface area contributed by atoms with Crippen LogP contribution in [0.1, 0.15) is 0 Å². The summed E-state index contributed by atoms with van der Waals surface area (Å²) in [7, 11) is 0. The van der Waals surface area contributed by atoms with Gasteiger partial charge in [-0.05, 0) is 30.3 Å². The van der Waals surface area contributed by atoms with Gasteiger partial charge >= 0.3 is 0 Å². The zero-order valence-electron chi connectivity index (χ0n) is 9.43. The Morgan fingerprint density at radius 3 is 2.79 bits per heavy atom. The van der Waals surface area contributed by atoms with Crippen molar-refractivity contribution in [3.63, 3.8) is 0 Å². The van der Waals surface area contributed by atoms with E-state index in [0.717, 1.165) is 4.88 Å². The van der Waals surface area contributed by atoms with Gasteiger partial charge in [0, 0.05) is 5.56 Å². The summed E-state index contributed by atoms with van der Waals surface area (Å²) in [5.74, 6) is 0.237. The molecule has 3 rings (SSSR count). The third-order valence-corrected chi connectivity index (χ3v) is 3.63. The van der Waals surface area contributed by atoms with Gasteiger partial charge in [0.05, 0.1) is 14.9 Å². The Labute approximate surface area is 116 Å². The molecule has 0 fully saturated rings. The van der Waals surface area contributed by atoms with Crippen LogP contribution in [0.4, 0.5) is 9.39 Å². The third-order valence-electron chi connectivity index (χ3n) is 2.44. The standard InChI is InChI=1S/C12H7ClFN3OS/c13-7-5-6(1-2-8(7)14)11-16-12(18-17-11)9-3-4-10(15)19-9/h1-5H,15H2. The van der Waals surface area contributed by atoms with Crippen molar-refractivity contribution in [2.75, 3.05) is 5.73 Å². The molecule has 2 aromatic heterocycles. The van der Waals surface area contributed by atoms with E-state index in [1.807, 2.05) is 0 Å². The molecule has 7 heteroatoms. The second kappa shape index (κ2) is 4.64. The Kier molecular flexibility index (Phi) is 2.96. The molecule has 0 aliphatic carbocycles. The van der Waals surface area contributed by atoms with E-state index in [1.54, 1.807) is 18.2 Å². The molecule has 0 atom stereocenters. The lowest BCUT2D eigenvalue weighted by Gasteiger charge is -1.96. The number of halogens is 2. The van der Waals surface area contributed by atoms with Crippen molar-refractivity contribution in [3.05, 3.63) is 41.2 Å². The van der Waals surface area contributed by atoms with Crippen LogP contribution in [-0.2, 0) is 0 Å². The largest absolute Gasteiger partial charge is 0.391 e. The molecule has 0 bridgehead atoms. The molecule has 0 saturated heterocycles. The topological polar surface area (TPSA) is 64.9 Å². The van der Waals surface area contributed by atoms with Crippen molar-refractivity contribution >= 4 is 27.9 Å². The van der Waals surface area contributed by atoms with Crippen LogP contribution in [-0.4, -0.2) is 10.1 Å². The number of aromatic nitrogens is 2. The minimum Gasteiger partial charge on any atom is -0.391 e. The predicted molar refractivity (Wildman–Crippen MR) is 72.4 cm³/mol. The van der Waals surface area contributed by atoms with E-state index in [0.29, 0.717) is 22.3 Å². The summed E-state index contributed by atoms with van der Waals surface area (Å²) in [6, 6.07) is 7.82. The van der Waals surface area contributed by atoms with Gasteiger partial charge in [-0.25, -0.2) is 4.39 Å². The molecule has 19 heavy (non-hydrogen) atoms. The van der Waals surface area contributed by atoms with Crippen LogP contribution < -0.4 is 5.73 Å². The number of rotatable bonds is 2. The van der Waals surface area contributed by atoms with Crippen molar-refractivity contribution in [1.82, 2.24) is 10.1 Å². The number of hydrogen-bond donors (Lipinski definition) is 1. The normalized spacial score (nSPS) is 10.8. The quantitative estimate of drug-likeness (QED) is 0.780. The number of nitrogens with two attached hydrogens (primary N) is 1. The first kappa shape index (κ1) is 12.1. The fourth-order valence-electron chi connectivity index (χ4n) is 1.54. The molecule has 3 aromatic rings. The van der Waals surface area contributed by atoms with Gasteiger partial charge in [-0.3, -0.25) is 0 Å². The number of hydrogen-bond acceptors (Lipinski definition) is 5. The zero-order valence-corrected chi connectivity index (χ0v) is 11.0. The molecular formula is C12H7ClFN3OS. The predicted octanol–water partition coefficient (Wildman–Crippen LogP) is 3.84. The van der Waals surface area contributed by atoms with E-state index in [9.17, 15) is 4.39 Å². The van der Waals surface area contributed by atoms with Crippen LogP contribution in [0.3, 0.4) is 0 Å². The average Bonchev–Trinajstić information content (AvgIpc) is 3.01.